The average Bonchev–Trinajstić information content (AvgIpc) is 2.81. The molecule has 1 amide bonds. The first-order chi connectivity index (χ1) is 18.0. The van der Waals surface area contributed by atoms with E-state index in [0.29, 0.717) is 17.9 Å². The van der Waals surface area contributed by atoms with E-state index in [2.05, 4.69) is 45.3 Å². The highest BCUT2D eigenvalue weighted by Crippen LogP contribution is 2.39. The van der Waals surface area contributed by atoms with Crippen LogP contribution in [0.2, 0.25) is 18.1 Å². The van der Waals surface area contributed by atoms with Gasteiger partial charge >= 0.3 is 12.1 Å². The summed E-state index contributed by atoms with van der Waals surface area (Å²) in [5.41, 5.74) is 0.754. The Labute approximate surface area is 236 Å². The third-order valence-corrected chi connectivity index (χ3v) is 12.7. The molecule has 3 atom stereocenters. The van der Waals surface area contributed by atoms with Crippen molar-refractivity contribution < 1.29 is 23.9 Å². The normalized spacial score (nSPS) is 17.5. The summed E-state index contributed by atoms with van der Waals surface area (Å²) in [6.45, 7) is 16.3. The lowest BCUT2D eigenvalue weighted by Crippen LogP contribution is -2.54. The molecule has 0 spiro atoms. The summed E-state index contributed by atoms with van der Waals surface area (Å²) in [5, 5.41) is 22.4. The van der Waals surface area contributed by atoms with E-state index in [0.717, 1.165) is 24.8 Å². The van der Waals surface area contributed by atoms with Crippen molar-refractivity contribution in [1.29, 1.82) is 5.26 Å². The Hall–Kier alpha value is -2.37. The van der Waals surface area contributed by atoms with Gasteiger partial charge in [0.2, 0.25) is 0 Å². The number of carboxylic acids is 1. The van der Waals surface area contributed by atoms with Gasteiger partial charge in [-0.25, -0.2) is 4.79 Å². The van der Waals surface area contributed by atoms with Crippen LogP contribution in [0.1, 0.15) is 97.6 Å². The second-order valence-corrected chi connectivity index (χ2v) is 18.4. The van der Waals surface area contributed by atoms with Crippen LogP contribution in [0.3, 0.4) is 0 Å². The largest absolute Gasteiger partial charge is 0.481 e. The molecule has 1 aromatic carbocycles. The molecule has 0 bridgehead atoms. The number of carbonyl (C=O) groups is 2. The van der Waals surface area contributed by atoms with E-state index in [1.165, 1.54) is 19.3 Å². The van der Waals surface area contributed by atoms with Gasteiger partial charge in [0.25, 0.3) is 0 Å². The van der Waals surface area contributed by atoms with Crippen LogP contribution < -0.4 is 5.32 Å². The van der Waals surface area contributed by atoms with Gasteiger partial charge in [-0.1, -0.05) is 65.0 Å². The summed E-state index contributed by atoms with van der Waals surface area (Å²) in [4.78, 5) is 25.6. The number of alkyl carbamates (subject to hydrolysis) is 1. The van der Waals surface area contributed by atoms with E-state index in [9.17, 15) is 14.7 Å². The van der Waals surface area contributed by atoms with Gasteiger partial charge in [0.1, 0.15) is 5.60 Å². The predicted octanol–water partition coefficient (Wildman–Crippen LogP) is 7.45. The van der Waals surface area contributed by atoms with Crippen molar-refractivity contribution in [2.45, 2.75) is 129 Å². The van der Waals surface area contributed by atoms with E-state index >= 15 is 0 Å². The van der Waals surface area contributed by atoms with Crippen molar-refractivity contribution in [1.82, 2.24) is 5.32 Å². The number of benzene rings is 1. The van der Waals surface area contributed by atoms with Crippen molar-refractivity contribution in [3.05, 3.63) is 35.4 Å². The lowest BCUT2D eigenvalue weighted by Gasteiger charge is -2.43. The van der Waals surface area contributed by atoms with Gasteiger partial charge in [-0.05, 0) is 81.8 Å². The number of nitrogens with one attached hydrogen (secondary N) is 1. The Morgan fingerprint density at radius 1 is 1.08 bits per heavy atom. The Morgan fingerprint density at radius 3 is 2.15 bits per heavy atom. The number of hydrogen-bond donors (Lipinski definition) is 2. The number of nitrogens with zero attached hydrogens (tertiary/aromatic N) is 1. The minimum absolute atomic E-state index is 0.0849. The number of carbonyl (C=O) groups excluding carboxylic acids is 1. The molecule has 218 valence electrons. The zero-order valence-corrected chi connectivity index (χ0v) is 26.3. The molecular weight excluding hydrogens is 508 g/mol. The summed E-state index contributed by atoms with van der Waals surface area (Å²) in [7, 11) is -2.32. The fourth-order valence-electron chi connectivity index (χ4n) is 4.95. The topological polar surface area (TPSA) is 109 Å². The minimum atomic E-state index is -2.32. The number of amides is 1. The van der Waals surface area contributed by atoms with E-state index < -0.39 is 38.0 Å². The lowest BCUT2D eigenvalue weighted by molar-refractivity contribution is -0.142. The Kier molecular flexibility index (Phi) is 11.6. The van der Waals surface area contributed by atoms with Gasteiger partial charge in [0.15, 0.2) is 8.32 Å². The highest BCUT2D eigenvalue weighted by atomic mass is 28.4. The number of nitriles is 1. The van der Waals surface area contributed by atoms with Crippen LogP contribution in [0, 0.1) is 23.2 Å². The minimum Gasteiger partial charge on any atom is -0.481 e. The van der Waals surface area contributed by atoms with Gasteiger partial charge in [-0.3, -0.25) is 4.79 Å². The number of ether oxygens (including phenoxy) is 1. The van der Waals surface area contributed by atoms with Crippen LogP contribution in [0.15, 0.2) is 24.3 Å². The molecule has 2 rings (SSSR count). The molecule has 7 nitrogen and oxygen atoms in total. The van der Waals surface area contributed by atoms with Gasteiger partial charge < -0.3 is 19.6 Å². The molecule has 3 unspecified atom stereocenters. The number of rotatable bonds is 11. The first-order valence-electron chi connectivity index (χ1n) is 14.4. The van der Waals surface area contributed by atoms with Crippen LogP contribution in [0.4, 0.5) is 4.79 Å². The Morgan fingerprint density at radius 2 is 1.67 bits per heavy atom. The van der Waals surface area contributed by atoms with Gasteiger partial charge in [0, 0.05) is 0 Å². The van der Waals surface area contributed by atoms with Crippen LogP contribution in [0.25, 0.3) is 0 Å². The molecule has 0 heterocycles. The fraction of sp³-hybridized carbons (Fsp3) is 0.710. The molecule has 1 saturated carbocycles. The summed E-state index contributed by atoms with van der Waals surface area (Å²) in [6, 6.07) is 8.81. The maximum Gasteiger partial charge on any atom is 0.407 e. The van der Waals surface area contributed by atoms with Gasteiger partial charge in [-0.2, -0.15) is 5.26 Å². The predicted molar refractivity (Wildman–Crippen MR) is 157 cm³/mol. The van der Waals surface area contributed by atoms with Crippen LogP contribution >= 0.6 is 0 Å². The zero-order chi connectivity index (χ0) is 29.4. The van der Waals surface area contributed by atoms with Gasteiger partial charge in [-0.15, -0.1) is 0 Å². The van der Waals surface area contributed by atoms with Crippen LogP contribution in [-0.4, -0.2) is 43.2 Å². The van der Waals surface area contributed by atoms with E-state index in [4.69, 9.17) is 14.4 Å². The number of carboxylic acid groups (broad SMARTS) is 1. The average molecular weight is 559 g/mol. The SMILES string of the molecule is CC(C)(C)OC(=O)NC(CC1CCCCC1)C(CC(Cc1ccc(C#N)cc1)C(=O)O)O[Si](C)(C)C(C)(C)C. The molecule has 39 heavy (non-hydrogen) atoms. The maximum absolute atomic E-state index is 13.0. The van der Waals surface area contributed by atoms with Crippen molar-refractivity contribution >= 4 is 20.4 Å². The smallest absolute Gasteiger partial charge is 0.407 e. The fourth-order valence-corrected chi connectivity index (χ4v) is 6.32. The summed E-state index contributed by atoms with van der Waals surface area (Å²) in [5.74, 6) is -1.15. The molecule has 1 aliphatic rings. The zero-order valence-electron chi connectivity index (χ0n) is 25.3. The van der Waals surface area contributed by atoms with E-state index in [-0.39, 0.29) is 17.5 Å². The van der Waals surface area contributed by atoms with Gasteiger partial charge in [0.05, 0.1) is 29.7 Å². The monoisotopic (exact) mass is 558 g/mol. The van der Waals surface area contributed by atoms with Crippen LogP contribution in [-0.2, 0) is 20.4 Å². The first-order valence-corrected chi connectivity index (χ1v) is 17.3. The Bertz CT molecular complexity index is 982. The van der Waals surface area contributed by atoms with Crippen molar-refractivity contribution in [2.24, 2.45) is 11.8 Å². The molecule has 0 radical (unpaired) electrons. The van der Waals surface area contributed by atoms with Crippen molar-refractivity contribution in [3.63, 3.8) is 0 Å². The van der Waals surface area contributed by atoms with Crippen LogP contribution in [0.5, 0.6) is 0 Å². The molecule has 2 N–H and O–H groups in total. The summed E-state index contributed by atoms with van der Waals surface area (Å²) < 4.78 is 12.6. The number of hydrogen-bond acceptors (Lipinski definition) is 5. The van der Waals surface area contributed by atoms with E-state index in [1.807, 2.05) is 32.9 Å². The highest BCUT2D eigenvalue weighted by Gasteiger charge is 2.43. The Balaban J connectivity index is 2.42. The third kappa shape index (κ3) is 11.0. The summed E-state index contributed by atoms with van der Waals surface area (Å²) in [6.07, 6.45) is 6.15. The van der Waals surface area contributed by atoms with E-state index in [1.54, 1.807) is 12.1 Å². The van der Waals surface area contributed by atoms with Crippen molar-refractivity contribution in [2.75, 3.05) is 0 Å². The maximum atomic E-state index is 13.0. The molecule has 0 aromatic heterocycles. The highest BCUT2D eigenvalue weighted by molar-refractivity contribution is 6.74. The second kappa shape index (κ2) is 13.8. The van der Waals surface area contributed by atoms with Crippen molar-refractivity contribution in [3.8, 4) is 6.07 Å². The lowest BCUT2D eigenvalue weighted by atomic mass is 9.82. The molecule has 1 aliphatic carbocycles. The third-order valence-electron chi connectivity index (χ3n) is 8.15. The molecule has 1 aromatic rings. The second-order valence-electron chi connectivity index (χ2n) is 13.7. The molecular formula is C31H50N2O5Si. The molecule has 1 fully saturated rings. The first kappa shape index (κ1) is 32.8. The molecule has 8 heteroatoms. The summed E-state index contributed by atoms with van der Waals surface area (Å²) >= 11 is 0. The molecule has 0 saturated heterocycles. The number of aliphatic carboxylic acids is 1. The molecule has 0 aliphatic heterocycles. The standard InChI is InChI=1S/C31H50N2O5Si/c1-30(2,3)37-29(36)33-26(19-22-12-10-9-11-13-22)27(38-39(7,8)31(4,5)6)20-25(28(34)35)18-23-14-16-24(21-32)17-15-23/h14-17,22,25-27H,9-13,18-20H2,1-8H3,(H,33,36)(H,34,35). The quantitative estimate of drug-likeness (QED) is 0.273.